The van der Waals surface area contributed by atoms with Crippen molar-refractivity contribution in [3.63, 3.8) is 0 Å². The lowest BCUT2D eigenvalue weighted by Crippen LogP contribution is -2.13. The maximum atomic E-state index is 2.44. The highest BCUT2D eigenvalue weighted by Crippen LogP contribution is 2.62. The summed E-state index contributed by atoms with van der Waals surface area (Å²) in [5, 5.41) is 0. The molecule has 0 radical (unpaired) electrons. The van der Waals surface area contributed by atoms with Crippen LogP contribution in [0.3, 0.4) is 0 Å². The maximum Gasteiger partial charge on any atom is 0.0594 e. The van der Waals surface area contributed by atoms with Crippen molar-refractivity contribution in [3.8, 4) is 0 Å². The molecule has 0 aromatic carbocycles. The Morgan fingerprint density at radius 3 is 0.767 bits per heavy atom. The molecule has 0 aromatic rings. The molecule has 0 aliphatic carbocycles. The van der Waals surface area contributed by atoms with Gasteiger partial charge in [0.2, 0.25) is 0 Å². The average molecular weight is 461 g/mol. The highest BCUT2D eigenvalue weighted by Gasteiger charge is 2.35. The minimum absolute atomic E-state index is 0.640. The van der Waals surface area contributed by atoms with Gasteiger partial charge >= 0.3 is 0 Å². The first-order valence-electron chi connectivity index (χ1n) is 14.3. The first-order chi connectivity index (χ1) is 14.6. The molecule has 30 heavy (non-hydrogen) atoms. The van der Waals surface area contributed by atoms with Crippen LogP contribution in [0, 0.1) is 0 Å². The lowest BCUT2D eigenvalue weighted by atomic mass is 10.2. The van der Waals surface area contributed by atoms with E-state index in [0.717, 1.165) is 0 Å². The summed E-state index contributed by atoms with van der Waals surface area (Å²) in [7, 11) is -1.28. The third-order valence-electron chi connectivity index (χ3n) is 7.28. The number of hydrogen-bond acceptors (Lipinski definition) is 0. The van der Waals surface area contributed by atoms with Gasteiger partial charge in [-0.1, -0.05) is 67.2 Å². The molecule has 182 valence electrons. The third-order valence-corrected chi connectivity index (χ3v) is 17.9. The highest BCUT2D eigenvalue weighted by atomic mass is 31.2. The van der Waals surface area contributed by atoms with Crippen LogP contribution in [0.2, 0.25) is 0 Å². The molecule has 0 atom stereocenters. The van der Waals surface area contributed by atoms with Crippen LogP contribution in [0.15, 0.2) is 0 Å². The van der Waals surface area contributed by atoms with Gasteiger partial charge in [-0.3, -0.25) is 0 Å². The fraction of sp³-hybridized carbons (Fsp3) is 1.00. The van der Waals surface area contributed by atoms with Crippen LogP contribution in [0.5, 0.6) is 0 Å². The van der Waals surface area contributed by atoms with Crippen molar-refractivity contribution in [2.24, 2.45) is 0 Å². The van der Waals surface area contributed by atoms with E-state index in [1.54, 1.807) is 62.1 Å². The van der Waals surface area contributed by atoms with Crippen molar-refractivity contribution in [1.29, 1.82) is 0 Å². The van der Waals surface area contributed by atoms with Gasteiger partial charge in [0.15, 0.2) is 0 Å². The smallest absolute Gasteiger partial charge is 0.0594 e. The third kappa shape index (κ3) is 14.1. The average Bonchev–Trinajstić information content (AvgIpc) is 2.72. The van der Waals surface area contributed by atoms with Crippen LogP contribution >= 0.6 is 14.5 Å². The predicted octanol–water partition coefficient (Wildman–Crippen LogP) is 10.6. The molecule has 0 amide bonds. The van der Waals surface area contributed by atoms with Gasteiger partial charge in [0.25, 0.3) is 0 Å². The second-order valence-corrected chi connectivity index (χ2v) is 19.2. The Balaban J connectivity index is 4.53. The molecule has 0 aliphatic rings. The molecule has 0 saturated carbocycles. The molecule has 0 fully saturated rings. The number of rotatable bonds is 23. The Morgan fingerprint density at radius 1 is 0.267 bits per heavy atom. The Morgan fingerprint density at radius 2 is 0.533 bits per heavy atom. The van der Waals surface area contributed by atoms with Crippen molar-refractivity contribution < 1.29 is 0 Å². The second kappa shape index (κ2) is 20.5. The number of hydrogen-bond donors (Lipinski definition) is 0. The molecular formula is C28H62P2+2. The zero-order valence-corrected chi connectivity index (χ0v) is 24.2. The molecule has 2 heteroatoms. The topological polar surface area (TPSA) is 0 Å². The second-order valence-electron chi connectivity index (χ2n) is 10.3. The number of unbranched alkanes of at least 4 members (excludes halogenated alkanes) is 7. The van der Waals surface area contributed by atoms with Crippen LogP contribution < -0.4 is 0 Å². The molecule has 0 nitrogen and oxygen atoms in total. The normalized spacial score (nSPS) is 12.6. The van der Waals surface area contributed by atoms with Gasteiger partial charge in [-0.2, -0.15) is 0 Å². The molecule has 0 aliphatic heterocycles. The summed E-state index contributed by atoms with van der Waals surface area (Å²) >= 11 is 0. The van der Waals surface area contributed by atoms with Gasteiger partial charge in [0.1, 0.15) is 0 Å². The van der Waals surface area contributed by atoms with E-state index < -0.39 is 14.5 Å². The maximum absolute atomic E-state index is 2.44. The van der Waals surface area contributed by atoms with Gasteiger partial charge < -0.3 is 0 Å². The Bertz CT molecular complexity index is 307. The monoisotopic (exact) mass is 460 g/mol. The minimum atomic E-state index is -0.640. The fourth-order valence-corrected chi connectivity index (χ4v) is 15.9. The summed E-state index contributed by atoms with van der Waals surface area (Å²) in [6, 6.07) is 0. The van der Waals surface area contributed by atoms with Crippen LogP contribution in [-0.4, -0.2) is 49.3 Å². The zero-order chi connectivity index (χ0) is 22.6. The van der Waals surface area contributed by atoms with Gasteiger partial charge in [-0.25, -0.2) is 0 Å². The van der Waals surface area contributed by atoms with E-state index >= 15 is 0 Å². The lowest BCUT2D eigenvalue weighted by molar-refractivity contribution is 0.697. The molecule has 0 saturated heterocycles. The first kappa shape index (κ1) is 30.9. The Kier molecular flexibility index (Phi) is 21.1. The quantitative estimate of drug-likeness (QED) is 0.105. The highest BCUT2D eigenvalue weighted by molar-refractivity contribution is 7.76. The van der Waals surface area contributed by atoms with Gasteiger partial charge in [0.05, 0.1) is 49.3 Å². The first-order valence-corrected chi connectivity index (χ1v) is 19.3. The van der Waals surface area contributed by atoms with Crippen molar-refractivity contribution in [2.45, 2.75) is 131 Å². The van der Waals surface area contributed by atoms with Gasteiger partial charge in [-0.05, 0) is 64.2 Å². The fourth-order valence-electron chi connectivity index (χ4n) is 5.88. The molecule has 0 bridgehead atoms. The van der Waals surface area contributed by atoms with E-state index in [2.05, 4.69) is 41.5 Å². The molecular weight excluding hydrogens is 398 g/mol. The van der Waals surface area contributed by atoms with Crippen LogP contribution in [0.4, 0.5) is 0 Å². The van der Waals surface area contributed by atoms with Crippen molar-refractivity contribution >= 4 is 14.5 Å². The van der Waals surface area contributed by atoms with E-state index in [9.17, 15) is 0 Å². The van der Waals surface area contributed by atoms with Gasteiger partial charge in [0, 0.05) is 14.5 Å². The van der Waals surface area contributed by atoms with Crippen molar-refractivity contribution in [3.05, 3.63) is 0 Å². The summed E-state index contributed by atoms with van der Waals surface area (Å²) in [5.41, 5.74) is 0. The summed E-state index contributed by atoms with van der Waals surface area (Å²) in [6.07, 6.45) is 33.4. The zero-order valence-electron chi connectivity index (χ0n) is 22.5. The minimum Gasteiger partial charge on any atom is -0.0654 e. The molecule has 0 rings (SSSR count). The Labute approximate surface area is 195 Å². The van der Waals surface area contributed by atoms with E-state index in [-0.39, 0.29) is 0 Å². The van der Waals surface area contributed by atoms with Crippen molar-refractivity contribution in [1.82, 2.24) is 0 Å². The predicted molar refractivity (Wildman–Crippen MR) is 151 cm³/mol. The summed E-state index contributed by atoms with van der Waals surface area (Å²) in [4.78, 5) is 0. The van der Waals surface area contributed by atoms with Crippen LogP contribution in [-0.2, 0) is 0 Å². The molecule has 0 aromatic heterocycles. The molecule has 0 heterocycles. The van der Waals surface area contributed by atoms with E-state index in [0.29, 0.717) is 0 Å². The largest absolute Gasteiger partial charge is 0.0654 e. The van der Waals surface area contributed by atoms with E-state index in [1.807, 2.05) is 0 Å². The van der Waals surface area contributed by atoms with Crippen LogP contribution in [0.25, 0.3) is 0 Å². The molecule has 0 N–H and O–H groups in total. The standard InChI is InChI=1S/C28H62P2/c1-7-13-17-25-29(21-9-3,22-10-4)27-19-15-16-20-28-30(23-11-5,24-12-6)26-18-14-8-2/h7-28H2,1-6H3/q+2. The SMILES string of the molecule is CCCCC[P+](CCC)(CCC)CCCCCC[P+](CCC)(CCC)CCCCC. The van der Waals surface area contributed by atoms with Gasteiger partial charge in [-0.15, -0.1) is 0 Å². The lowest BCUT2D eigenvalue weighted by Gasteiger charge is -2.28. The Hall–Kier alpha value is 0.860. The summed E-state index contributed by atoms with van der Waals surface area (Å²) < 4.78 is 0. The van der Waals surface area contributed by atoms with E-state index in [1.165, 1.54) is 77.0 Å². The van der Waals surface area contributed by atoms with Crippen LogP contribution in [0.1, 0.15) is 131 Å². The summed E-state index contributed by atoms with van der Waals surface area (Å²) in [5.74, 6) is 0. The molecule has 0 spiro atoms. The summed E-state index contributed by atoms with van der Waals surface area (Å²) in [6.45, 7) is 14.5. The van der Waals surface area contributed by atoms with E-state index in [4.69, 9.17) is 0 Å². The molecule has 0 unspecified atom stereocenters. The van der Waals surface area contributed by atoms with Crippen molar-refractivity contribution in [2.75, 3.05) is 49.3 Å².